The van der Waals surface area contributed by atoms with Crippen LogP contribution in [0, 0.1) is 6.42 Å². The van der Waals surface area contributed by atoms with E-state index in [9.17, 15) is 65.9 Å². The molecule has 0 N–H and O–H groups in total. The van der Waals surface area contributed by atoms with Crippen LogP contribution in [-0.2, 0) is 0 Å². The van der Waals surface area contributed by atoms with Gasteiger partial charge in [0.25, 0.3) is 0 Å². The van der Waals surface area contributed by atoms with E-state index in [2.05, 4.69) is 14.7 Å². The Hall–Kier alpha value is -2.69. The van der Waals surface area contributed by atoms with E-state index >= 15 is 0 Å². The van der Waals surface area contributed by atoms with Gasteiger partial charge in [-0.1, -0.05) is 18.2 Å². The Labute approximate surface area is 190 Å². The van der Waals surface area contributed by atoms with E-state index < -0.39 is 54.1 Å². The van der Waals surface area contributed by atoms with Crippen molar-refractivity contribution in [3.8, 4) is 5.75 Å². The summed E-state index contributed by atoms with van der Waals surface area (Å²) in [5.41, 5.74) is 0.402. The van der Waals surface area contributed by atoms with Gasteiger partial charge in [0.2, 0.25) is 0 Å². The minimum Gasteiger partial charge on any atom is -0.484 e. The predicted molar refractivity (Wildman–Crippen MR) is 89.3 cm³/mol. The highest BCUT2D eigenvalue weighted by Gasteiger charge is 2.93. The molecule has 0 amide bonds. The molecule has 1 aliphatic rings. The van der Waals surface area contributed by atoms with Crippen LogP contribution in [0.2, 0.25) is 0 Å². The zero-order chi connectivity index (χ0) is 28.0. The van der Waals surface area contributed by atoms with Gasteiger partial charge in [-0.05, 0) is 12.8 Å². The Kier molecular flexibility index (Phi) is 7.39. The first-order valence-electron chi connectivity index (χ1n) is 9.03. The lowest BCUT2D eigenvalue weighted by Crippen LogP contribution is -2.73. The fourth-order valence-electron chi connectivity index (χ4n) is 2.48. The average molecular weight is 555 g/mol. The quantitative estimate of drug-likeness (QED) is 0.316. The third-order valence-electron chi connectivity index (χ3n) is 4.58. The third kappa shape index (κ3) is 4.57. The number of rotatable bonds is 9. The maximum Gasteiger partial charge on any atom is 0.460 e. The van der Waals surface area contributed by atoms with Gasteiger partial charge in [-0.15, -0.1) is 0 Å². The fourth-order valence-corrected chi connectivity index (χ4v) is 2.48. The van der Waals surface area contributed by atoms with E-state index in [0.717, 1.165) is 0 Å². The number of allylic oxidation sites excluding steroid dienone is 4. The van der Waals surface area contributed by atoms with Gasteiger partial charge in [-0.25, -0.2) is 9.97 Å². The SMILES string of the molecule is FC(F)(F)C(F)(F)C(F)(F)C(F)(F)C(F)(F)C(F)(F)C(F)(F)COc1cnc(C2=CC[CH]C=C2)nc1. The minimum atomic E-state index is -8.34. The number of alkyl halides is 15. The van der Waals surface area contributed by atoms with E-state index in [1.807, 2.05) is 0 Å². The number of hydrogen-bond donors (Lipinski definition) is 0. The molecule has 0 aromatic carbocycles. The summed E-state index contributed by atoms with van der Waals surface area (Å²) in [5.74, 6) is -47.9. The molecule has 1 aliphatic carbocycles. The molecule has 1 aromatic heterocycles. The lowest BCUT2D eigenvalue weighted by atomic mass is 9.91. The summed E-state index contributed by atoms with van der Waals surface area (Å²) in [7, 11) is 0. The van der Waals surface area contributed by atoms with Crippen LogP contribution in [0.25, 0.3) is 5.57 Å². The molecule has 0 spiro atoms. The van der Waals surface area contributed by atoms with Gasteiger partial charge in [0, 0.05) is 5.57 Å². The molecule has 0 saturated carbocycles. The van der Waals surface area contributed by atoms with Crippen LogP contribution < -0.4 is 4.74 Å². The molecule has 0 fully saturated rings. The Bertz CT molecular complexity index is 997. The molecule has 18 heteroatoms. The molecule has 0 saturated heterocycles. The summed E-state index contributed by atoms with van der Waals surface area (Å²) in [6, 6.07) is 0. The highest BCUT2D eigenvalue weighted by atomic mass is 19.4. The number of nitrogens with zero attached hydrogens (tertiary/aromatic N) is 2. The second-order valence-electron chi connectivity index (χ2n) is 7.10. The third-order valence-corrected chi connectivity index (χ3v) is 4.58. The van der Waals surface area contributed by atoms with Crippen molar-refractivity contribution in [3.63, 3.8) is 0 Å². The average Bonchev–Trinajstić information content (AvgIpc) is 2.77. The number of aromatic nitrogens is 2. The van der Waals surface area contributed by atoms with Gasteiger partial charge in [0.15, 0.2) is 18.2 Å². The Morgan fingerprint density at radius 1 is 0.667 bits per heavy atom. The van der Waals surface area contributed by atoms with Crippen molar-refractivity contribution in [3.05, 3.63) is 42.9 Å². The summed E-state index contributed by atoms with van der Waals surface area (Å²) >= 11 is 0. The molecular weight excluding hydrogens is 545 g/mol. The van der Waals surface area contributed by atoms with Gasteiger partial charge >= 0.3 is 41.7 Å². The minimum absolute atomic E-state index is 0.0530. The first-order chi connectivity index (χ1) is 16.0. The molecule has 0 aliphatic heterocycles. The van der Waals surface area contributed by atoms with Crippen LogP contribution >= 0.6 is 0 Å². The van der Waals surface area contributed by atoms with Crippen molar-refractivity contribution in [2.75, 3.05) is 6.61 Å². The maximum atomic E-state index is 13.8. The molecule has 1 aromatic rings. The highest BCUT2D eigenvalue weighted by Crippen LogP contribution is 2.62. The number of halogens is 15. The molecule has 0 atom stereocenters. The molecule has 1 radical (unpaired) electrons. The first kappa shape index (κ1) is 29.5. The van der Waals surface area contributed by atoms with Crippen molar-refractivity contribution in [2.24, 2.45) is 0 Å². The molecule has 2 rings (SSSR count). The van der Waals surface area contributed by atoms with E-state index in [0.29, 0.717) is 24.4 Å². The summed E-state index contributed by atoms with van der Waals surface area (Å²) in [4.78, 5) is 7.15. The Morgan fingerprint density at radius 2 is 1.14 bits per heavy atom. The van der Waals surface area contributed by atoms with Crippen LogP contribution in [0.5, 0.6) is 5.75 Å². The van der Waals surface area contributed by atoms with Gasteiger partial charge in [0.1, 0.15) is 0 Å². The Balaban J connectivity index is 2.29. The van der Waals surface area contributed by atoms with Gasteiger partial charge < -0.3 is 4.74 Å². The lowest BCUT2D eigenvalue weighted by Gasteiger charge is -2.41. The molecule has 3 nitrogen and oxygen atoms in total. The standard InChI is InChI=1S/C18H10F15N2O/c19-12(20,8-36-10-6-34-11(35-7-10)9-4-2-1-3-5-9)13(21,22)14(23,24)15(25,26)16(27,28)17(29,30)18(31,32)33/h1-2,4-7H,3,8H2. The summed E-state index contributed by atoms with van der Waals surface area (Å²) in [5, 5.41) is 0. The van der Waals surface area contributed by atoms with Crippen LogP contribution in [-0.4, -0.2) is 58.3 Å². The summed E-state index contributed by atoms with van der Waals surface area (Å²) in [6.45, 7) is -2.95. The molecule has 203 valence electrons. The molecule has 36 heavy (non-hydrogen) atoms. The number of hydrogen-bond acceptors (Lipinski definition) is 3. The molecule has 0 bridgehead atoms. The van der Waals surface area contributed by atoms with Crippen LogP contribution in [0.1, 0.15) is 12.2 Å². The zero-order valence-electron chi connectivity index (χ0n) is 16.9. The zero-order valence-corrected chi connectivity index (χ0v) is 16.9. The topological polar surface area (TPSA) is 35.0 Å². The van der Waals surface area contributed by atoms with E-state index in [1.54, 1.807) is 18.6 Å². The monoisotopic (exact) mass is 555 g/mol. The lowest BCUT2D eigenvalue weighted by molar-refractivity contribution is -0.453. The van der Waals surface area contributed by atoms with Gasteiger partial charge in [-0.3, -0.25) is 0 Å². The Morgan fingerprint density at radius 3 is 1.58 bits per heavy atom. The predicted octanol–water partition coefficient (Wildman–Crippen LogP) is 6.78. The molecule has 0 unspecified atom stereocenters. The van der Waals surface area contributed by atoms with Crippen molar-refractivity contribution >= 4 is 5.57 Å². The van der Waals surface area contributed by atoms with Crippen LogP contribution in [0.15, 0.2) is 30.6 Å². The molecule has 1 heterocycles. The number of ether oxygens (including phenoxy) is 1. The second-order valence-corrected chi connectivity index (χ2v) is 7.10. The van der Waals surface area contributed by atoms with E-state index in [1.165, 1.54) is 6.08 Å². The van der Waals surface area contributed by atoms with Crippen molar-refractivity contribution < 1.29 is 70.6 Å². The maximum absolute atomic E-state index is 13.8. The van der Waals surface area contributed by atoms with Crippen LogP contribution in [0.4, 0.5) is 65.9 Å². The summed E-state index contributed by atoms with van der Waals surface area (Å²) in [6.07, 6.45) is 0.271. The van der Waals surface area contributed by atoms with Crippen molar-refractivity contribution in [1.82, 2.24) is 9.97 Å². The van der Waals surface area contributed by atoms with E-state index in [4.69, 9.17) is 0 Å². The summed E-state index contributed by atoms with van der Waals surface area (Å²) < 4.78 is 201. The van der Waals surface area contributed by atoms with E-state index in [-0.39, 0.29) is 5.82 Å². The molecular formula is C18H10F15N2O. The first-order valence-corrected chi connectivity index (χ1v) is 9.03. The van der Waals surface area contributed by atoms with Gasteiger partial charge in [0.05, 0.1) is 12.4 Å². The highest BCUT2D eigenvalue weighted by molar-refractivity contribution is 5.71. The van der Waals surface area contributed by atoms with Crippen molar-refractivity contribution in [2.45, 2.75) is 48.1 Å². The van der Waals surface area contributed by atoms with Gasteiger partial charge in [-0.2, -0.15) is 65.9 Å². The fraction of sp³-hybridized carbons (Fsp3) is 0.500. The second kappa shape index (κ2) is 9.00. The largest absolute Gasteiger partial charge is 0.484 e. The smallest absolute Gasteiger partial charge is 0.460 e. The van der Waals surface area contributed by atoms with Crippen LogP contribution in [0.3, 0.4) is 0 Å². The van der Waals surface area contributed by atoms with Crippen molar-refractivity contribution in [1.29, 1.82) is 0 Å². The normalized spacial score (nSPS) is 16.7.